The van der Waals surface area contributed by atoms with Crippen LogP contribution in [0.4, 0.5) is 4.39 Å². The average Bonchev–Trinajstić information content (AvgIpc) is 3.00. The predicted octanol–water partition coefficient (Wildman–Crippen LogP) is 3.86. The minimum Gasteiger partial charge on any atom is -0.508 e. The quantitative estimate of drug-likeness (QED) is 0.759. The van der Waals surface area contributed by atoms with Gasteiger partial charge >= 0.3 is 0 Å². The van der Waals surface area contributed by atoms with Gasteiger partial charge in [0.05, 0.1) is 17.6 Å². The molecule has 0 spiro atoms. The van der Waals surface area contributed by atoms with Crippen LogP contribution in [0.5, 0.6) is 5.75 Å². The molecule has 0 amide bonds. The number of aromatic amines is 1. The highest BCUT2D eigenvalue weighted by Crippen LogP contribution is 2.24. The molecular formula is C20H22FN3O. The fourth-order valence-electron chi connectivity index (χ4n) is 3.64. The lowest BCUT2D eigenvalue weighted by Gasteiger charge is -2.31. The van der Waals surface area contributed by atoms with Gasteiger partial charge in [-0.3, -0.25) is 4.90 Å². The van der Waals surface area contributed by atoms with Gasteiger partial charge in [0.15, 0.2) is 0 Å². The van der Waals surface area contributed by atoms with Gasteiger partial charge in [-0.05, 0) is 68.1 Å². The lowest BCUT2D eigenvalue weighted by Crippen LogP contribution is -2.34. The average molecular weight is 338 g/mol. The van der Waals surface area contributed by atoms with Crippen molar-refractivity contribution in [3.8, 4) is 5.75 Å². The minimum atomic E-state index is -0.169. The molecule has 25 heavy (non-hydrogen) atoms. The second-order valence-electron chi connectivity index (χ2n) is 6.94. The normalized spacial score (nSPS) is 16.5. The fourth-order valence-corrected chi connectivity index (χ4v) is 3.64. The van der Waals surface area contributed by atoms with Gasteiger partial charge in [-0.2, -0.15) is 0 Å². The Morgan fingerprint density at radius 1 is 1.12 bits per heavy atom. The summed E-state index contributed by atoms with van der Waals surface area (Å²) in [6.45, 7) is 2.90. The number of nitrogens with one attached hydrogen (secondary N) is 1. The van der Waals surface area contributed by atoms with E-state index in [1.807, 2.05) is 18.2 Å². The lowest BCUT2D eigenvalue weighted by molar-refractivity contribution is 0.174. The van der Waals surface area contributed by atoms with Crippen LogP contribution in [0.15, 0.2) is 42.5 Å². The summed E-state index contributed by atoms with van der Waals surface area (Å²) in [4.78, 5) is 10.3. The maximum Gasteiger partial charge on any atom is 0.123 e. The highest BCUT2D eigenvalue weighted by molar-refractivity contribution is 5.76. The van der Waals surface area contributed by atoms with E-state index in [0.29, 0.717) is 5.92 Å². The van der Waals surface area contributed by atoms with E-state index in [1.54, 1.807) is 24.3 Å². The monoisotopic (exact) mass is 338 g/mol. The molecule has 4 nitrogen and oxygen atoms in total. The van der Waals surface area contributed by atoms with Gasteiger partial charge in [-0.1, -0.05) is 12.1 Å². The second-order valence-corrected chi connectivity index (χ2v) is 6.94. The molecule has 1 aliphatic heterocycles. The van der Waals surface area contributed by atoms with Crippen LogP contribution in [-0.4, -0.2) is 33.1 Å². The smallest absolute Gasteiger partial charge is 0.123 e. The number of phenolic OH excluding ortho intramolecular Hbond substituents is 1. The molecule has 1 fully saturated rings. The van der Waals surface area contributed by atoms with Crippen molar-refractivity contribution in [2.45, 2.75) is 25.8 Å². The van der Waals surface area contributed by atoms with Crippen LogP contribution in [0.1, 0.15) is 24.2 Å². The number of hydrogen-bond donors (Lipinski definition) is 2. The zero-order chi connectivity index (χ0) is 17.2. The maximum atomic E-state index is 13.0. The maximum absolute atomic E-state index is 13.0. The van der Waals surface area contributed by atoms with Gasteiger partial charge in [0.2, 0.25) is 0 Å². The lowest BCUT2D eigenvalue weighted by atomic mass is 9.90. The SMILES string of the molecule is Oc1ccc2nc(CN3CCC(Cc4ccc([18F])cc4)CC3)[nH]c2c1. The predicted molar refractivity (Wildman–Crippen MR) is 95.9 cm³/mol. The van der Waals surface area contributed by atoms with Crippen molar-refractivity contribution >= 4 is 11.0 Å². The molecule has 0 aliphatic carbocycles. The number of hydrogen-bond acceptors (Lipinski definition) is 3. The third-order valence-electron chi connectivity index (χ3n) is 5.03. The molecule has 2 aromatic carbocycles. The Kier molecular flexibility index (Phi) is 4.40. The summed E-state index contributed by atoms with van der Waals surface area (Å²) in [6.07, 6.45) is 3.33. The number of imidazole rings is 1. The molecule has 5 heteroatoms. The van der Waals surface area contributed by atoms with E-state index in [9.17, 15) is 9.50 Å². The molecule has 2 heterocycles. The zero-order valence-electron chi connectivity index (χ0n) is 14.1. The van der Waals surface area contributed by atoms with E-state index in [1.165, 1.54) is 5.56 Å². The number of fused-ring (bicyclic) bond motifs is 1. The number of benzene rings is 2. The van der Waals surface area contributed by atoms with E-state index in [2.05, 4.69) is 14.9 Å². The number of halogens is 1. The van der Waals surface area contributed by atoms with Crippen molar-refractivity contribution in [1.82, 2.24) is 14.9 Å². The molecule has 0 saturated carbocycles. The number of phenols is 1. The molecule has 130 valence electrons. The second kappa shape index (κ2) is 6.84. The number of H-pyrrole nitrogens is 1. The van der Waals surface area contributed by atoms with Crippen molar-refractivity contribution < 1.29 is 9.50 Å². The van der Waals surface area contributed by atoms with Crippen molar-refractivity contribution in [3.63, 3.8) is 0 Å². The molecule has 3 aromatic rings. The number of piperidine rings is 1. The third-order valence-corrected chi connectivity index (χ3v) is 5.03. The number of aromatic nitrogens is 2. The van der Waals surface area contributed by atoms with Crippen molar-refractivity contribution in [3.05, 3.63) is 59.7 Å². The van der Waals surface area contributed by atoms with Gasteiger partial charge in [0, 0.05) is 6.07 Å². The summed E-state index contributed by atoms with van der Waals surface area (Å²) in [5.41, 5.74) is 2.98. The molecule has 2 N–H and O–H groups in total. The molecule has 0 radical (unpaired) electrons. The molecule has 0 bridgehead atoms. The standard InChI is InChI=1S/C20H22FN3O/c21-16-3-1-14(2-4-16)11-15-7-9-24(10-8-15)13-20-22-18-6-5-17(25)12-19(18)23-20/h1-6,12,15,25H,7-11,13H2,(H,22,23)/i21-1. The first-order valence-corrected chi connectivity index (χ1v) is 8.80. The van der Waals surface area contributed by atoms with E-state index in [-0.39, 0.29) is 11.6 Å². The highest BCUT2D eigenvalue weighted by atomic mass is 18.2. The van der Waals surface area contributed by atoms with E-state index < -0.39 is 0 Å². The van der Waals surface area contributed by atoms with E-state index in [4.69, 9.17) is 0 Å². The molecule has 1 saturated heterocycles. The van der Waals surface area contributed by atoms with Gasteiger partial charge < -0.3 is 10.1 Å². The van der Waals surface area contributed by atoms with E-state index >= 15 is 0 Å². The molecule has 1 aromatic heterocycles. The number of aromatic hydroxyl groups is 1. The molecule has 0 unspecified atom stereocenters. The first-order chi connectivity index (χ1) is 12.2. The summed E-state index contributed by atoms with van der Waals surface area (Å²) in [7, 11) is 0. The van der Waals surface area contributed by atoms with Crippen LogP contribution >= 0.6 is 0 Å². The van der Waals surface area contributed by atoms with Gasteiger partial charge in [0.25, 0.3) is 0 Å². The van der Waals surface area contributed by atoms with Crippen molar-refractivity contribution in [1.29, 1.82) is 0 Å². The topological polar surface area (TPSA) is 52.2 Å². The summed E-state index contributed by atoms with van der Waals surface area (Å²) in [6, 6.07) is 12.1. The summed E-state index contributed by atoms with van der Waals surface area (Å²) in [5.74, 6) is 1.69. The molecular weight excluding hydrogens is 316 g/mol. The Balaban J connectivity index is 1.32. The van der Waals surface area contributed by atoms with Crippen molar-refractivity contribution in [2.75, 3.05) is 13.1 Å². The van der Waals surface area contributed by atoms with Gasteiger partial charge in [0.1, 0.15) is 17.4 Å². The van der Waals surface area contributed by atoms with Crippen LogP contribution in [0, 0.1) is 11.7 Å². The van der Waals surface area contributed by atoms with Crippen LogP contribution in [-0.2, 0) is 13.0 Å². The van der Waals surface area contributed by atoms with Gasteiger partial charge in [-0.25, -0.2) is 9.37 Å². The molecule has 4 rings (SSSR count). The van der Waals surface area contributed by atoms with Crippen LogP contribution in [0.2, 0.25) is 0 Å². The number of rotatable bonds is 4. The highest BCUT2D eigenvalue weighted by Gasteiger charge is 2.20. The Morgan fingerprint density at radius 2 is 1.88 bits per heavy atom. The Morgan fingerprint density at radius 3 is 2.64 bits per heavy atom. The zero-order valence-corrected chi connectivity index (χ0v) is 14.1. The molecule has 0 atom stereocenters. The van der Waals surface area contributed by atoms with Gasteiger partial charge in [-0.15, -0.1) is 0 Å². The van der Waals surface area contributed by atoms with Crippen LogP contribution in [0.25, 0.3) is 11.0 Å². The number of nitrogens with zero attached hydrogens (tertiary/aromatic N) is 2. The third kappa shape index (κ3) is 3.82. The summed E-state index contributed by atoms with van der Waals surface area (Å²) >= 11 is 0. The number of likely N-dealkylation sites (tertiary alicyclic amines) is 1. The Bertz CT molecular complexity index is 851. The fraction of sp³-hybridized carbons (Fsp3) is 0.350. The first-order valence-electron chi connectivity index (χ1n) is 8.80. The van der Waals surface area contributed by atoms with Crippen LogP contribution < -0.4 is 0 Å². The first kappa shape index (κ1) is 16.1. The summed E-state index contributed by atoms with van der Waals surface area (Å²) < 4.78 is 13.0. The summed E-state index contributed by atoms with van der Waals surface area (Å²) in [5, 5.41) is 9.55. The minimum absolute atomic E-state index is 0.169. The van der Waals surface area contributed by atoms with Crippen molar-refractivity contribution in [2.24, 2.45) is 5.92 Å². The Hall–Kier alpha value is -2.40. The largest absolute Gasteiger partial charge is 0.508 e. The molecule has 1 aliphatic rings. The van der Waals surface area contributed by atoms with E-state index in [0.717, 1.165) is 55.8 Å². The van der Waals surface area contributed by atoms with Crippen LogP contribution in [0.3, 0.4) is 0 Å². The Labute approximate surface area is 146 Å².